The van der Waals surface area contributed by atoms with Gasteiger partial charge in [0.05, 0.1) is 18.4 Å². The van der Waals surface area contributed by atoms with Crippen molar-refractivity contribution in [1.82, 2.24) is 4.98 Å². The van der Waals surface area contributed by atoms with E-state index in [0.717, 1.165) is 31.7 Å². The number of esters is 1. The van der Waals surface area contributed by atoms with Crippen molar-refractivity contribution < 1.29 is 32.2 Å². The Morgan fingerprint density at radius 2 is 1.76 bits per heavy atom. The first-order valence-electron chi connectivity index (χ1n) is 13.0. The number of nitrogens with two attached hydrogens (primary N) is 1. The third-order valence-electron chi connectivity index (χ3n) is 6.42. The fourth-order valence-corrected chi connectivity index (χ4v) is 4.42. The molecule has 210 valence electrons. The molecule has 2 aromatic rings. The average molecular weight is 538 g/mol. The second-order valence-corrected chi connectivity index (χ2v) is 9.43. The predicted octanol–water partition coefficient (Wildman–Crippen LogP) is 6.73. The number of hydrogen-bond donors (Lipinski definition) is 1. The van der Waals surface area contributed by atoms with Crippen molar-refractivity contribution in [2.24, 2.45) is 17.6 Å². The Morgan fingerprint density at radius 3 is 2.29 bits per heavy atom. The van der Waals surface area contributed by atoms with E-state index in [1.165, 1.54) is 31.5 Å². The molecular formula is C28H38F3N3O4. The number of hydrogen-bond acceptors (Lipinski definition) is 6. The highest BCUT2D eigenvalue weighted by Crippen LogP contribution is 2.39. The lowest BCUT2D eigenvalue weighted by molar-refractivity contribution is -0.139. The molecule has 1 fully saturated rings. The molecule has 1 aliphatic carbocycles. The highest BCUT2D eigenvalue weighted by molar-refractivity contribution is 6.04. The molecule has 0 bridgehead atoms. The van der Waals surface area contributed by atoms with Gasteiger partial charge in [0.15, 0.2) is 0 Å². The van der Waals surface area contributed by atoms with Gasteiger partial charge < -0.3 is 20.1 Å². The summed E-state index contributed by atoms with van der Waals surface area (Å²) in [4.78, 5) is 31.5. The third kappa shape index (κ3) is 7.46. The maximum atomic E-state index is 13.6. The van der Waals surface area contributed by atoms with Gasteiger partial charge in [-0.1, -0.05) is 20.8 Å². The van der Waals surface area contributed by atoms with E-state index >= 15 is 0 Å². The van der Waals surface area contributed by atoms with Gasteiger partial charge in [-0.25, -0.2) is 9.78 Å². The quantitative estimate of drug-likeness (QED) is 0.394. The minimum Gasteiger partial charge on any atom is -0.465 e. The molecule has 1 aromatic carbocycles. The smallest absolute Gasteiger partial charge is 0.421 e. The first-order chi connectivity index (χ1) is 18.0. The molecule has 1 aromatic heterocycles. The molecule has 7 nitrogen and oxygen atoms in total. The second-order valence-electron chi connectivity index (χ2n) is 9.43. The number of halogens is 3. The van der Waals surface area contributed by atoms with Gasteiger partial charge in [0.1, 0.15) is 11.3 Å². The highest BCUT2D eigenvalue weighted by Gasteiger charge is 2.36. The summed E-state index contributed by atoms with van der Waals surface area (Å²) in [6, 6.07) is 4.78. The molecule has 2 N–H and O–H groups in total. The number of ether oxygens (including phenoxy) is 2. The van der Waals surface area contributed by atoms with Gasteiger partial charge in [0.25, 0.3) is 0 Å². The normalized spacial score (nSPS) is 17.3. The van der Waals surface area contributed by atoms with E-state index in [-0.39, 0.29) is 41.3 Å². The lowest BCUT2D eigenvalue weighted by Gasteiger charge is -2.34. The molecule has 1 amide bonds. The molecule has 10 heteroatoms. The van der Waals surface area contributed by atoms with Crippen LogP contribution in [0.25, 0.3) is 0 Å². The molecule has 0 atom stereocenters. The summed E-state index contributed by atoms with van der Waals surface area (Å²) in [5, 5.41) is 0. The van der Waals surface area contributed by atoms with Crippen molar-refractivity contribution >= 4 is 17.6 Å². The molecule has 0 aliphatic heterocycles. The maximum Gasteiger partial charge on any atom is 0.421 e. The van der Waals surface area contributed by atoms with E-state index < -0.39 is 23.6 Å². The van der Waals surface area contributed by atoms with Crippen LogP contribution in [0.15, 0.2) is 30.5 Å². The van der Waals surface area contributed by atoms with E-state index in [2.05, 4.69) is 11.9 Å². The molecule has 1 saturated carbocycles. The maximum absolute atomic E-state index is 13.6. The number of benzene rings is 1. The van der Waals surface area contributed by atoms with E-state index in [1.54, 1.807) is 4.90 Å². The summed E-state index contributed by atoms with van der Waals surface area (Å²) < 4.78 is 51.2. The Balaban J connectivity index is 0.00000247. The van der Waals surface area contributed by atoms with E-state index in [1.807, 2.05) is 27.7 Å². The minimum atomic E-state index is -4.73. The zero-order valence-corrected chi connectivity index (χ0v) is 22.9. The fraction of sp³-hybridized carbons (Fsp3) is 0.536. The van der Waals surface area contributed by atoms with Crippen molar-refractivity contribution in [3.8, 4) is 11.6 Å². The highest BCUT2D eigenvalue weighted by atomic mass is 19.4. The summed E-state index contributed by atoms with van der Waals surface area (Å²) >= 11 is 0. The molecule has 1 heterocycles. The Morgan fingerprint density at radius 1 is 1.13 bits per heavy atom. The standard InChI is InChI=1S/C26H32F3N3O4.C2H6/c1-15(2)32(24(33)18-7-5-16(3)6-8-18)22-10-9-19(12-20(22)25(34)35-4)36-23-21(26(27,28)29)11-17(13-30)14-31-23;1-2/h9-12,14-16,18H,5-8,13,30H2,1-4H3;1-2H3. The molecule has 3 rings (SSSR count). The van der Waals surface area contributed by atoms with Crippen LogP contribution in [0.3, 0.4) is 0 Å². The van der Waals surface area contributed by atoms with Gasteiger partial charge in [0, 0.05) is 24.7 Å². The number of carbonyl (C=O) groups is 2. The Bertz CT molecular complexity index is 1100. The number of rotatable bonds is 7. The van der Waals surface area contributed by atoms with Crippen molar-refractivity contribution in [2.75, 3.05) is 12.0 Å². The number of pyridine rings is 1. The van der Waals surface area contributed by atoms with Gasteiger partial charge in [-0.15, -0.1) is 0 Å². The summed E-state index contributed by atoms with van der Waals surface area (Å²) in [5.41, 5.74) is 4.89. The summed E-state index contributed by atoms with van der Waals surface area (Å²) in [5.74, 6) is -1.15. The molecule has 38 heavy (non-hydrogen) atoms. The first-order valence-corrected chi connectivity index (χ1v) is 13.0. The predicted molar refractivity (Wildman–Crippen MR) is 140 cm³/mol. The van der Waals surface area contributed by atoms with Crippen molar-refractivity contribution in [3.63, 3.8) is 0 Å². The zero-order valence-electron chi connectivity index (χ0n) is 22.9. The van der Waals surface area contributed by atoms with Gasteiger partial charge in [-0.2, -0.15) is 13.2 Å². The molecule has 0 saturated heterocycles. The molecule has 1 aliphatic rings. The van der Waals surface area contributed by atoms with Crippen LogP contribution in [0.2, 0.25) is 0 Å². The lowest BCUT2D eigenvalue weighted by Crippen LogP contribution is -2.43. The van der Waals surface area contributed by atoms with Gasteiger partial charge in [0.2, 0.25) is 11.8 Å². The lowest BCUT2D eigenvalue weighted by atomic mass is 9.82. The molecular weight excluding hydrogens is 499 g/mol. The van der Waals surface area contributed by atoms with Crippen LogP contribution < -0.4 is 15.4 Å². The number of aromatic nitrogens is 1. The Labute approximate surface area is 222 Å². The Kier molecular flexibility index (Phi) is 11.1. The van der Waals surface area contributed by atoms with Crippen LogP contribution in [0.5, 0.6) is 11.6 Å². The first kappa shape index (κ1) is 31.1. The number of carbonyl (C=O) groups excluding carboxylic acids is 2. The summed E-state index contributed by atoms with van der Waals surface area (Å²) in [6.07, 6.45) is -0.0837. The van der Waals surface area contributed by atoms with Gasteiger partial charge in [-0.05, 0) is 75.3 Å². The van der Waals surface area contributed by atoms with Crippen LogP contribution >= 0.6 is 0 Å². The fourth-order valence-electron chi connectivity index (χ4n) is 4.42. The van der Waals surface area contributed by atoms with Gasteiger partial charge in [-0.3, -0.25) is 4.79 Å². The number of anilines is 1. The molecule has 0 spiro atoms. The summed E-state index contributed by atoms with van der Waals surface area (Å²) in [6.45, 7) is 9.73. The van der Waals surface area contributed by atoms with E-state index in [0.29, 0.717) is 11.6 Å². The zero-order chi connectivity index (χ0) is 28.6. The van der Waals surface area contributed by atoms with Crippen molar-refractivity contribution in [1.29, 1.82) is 0 Å². The van der Waals surface area contributed by atoms with Crippen LogP contribution in [0.1, 0.15) is 81.8 Å². The second kappa shape index (κ2) is 13.6. The Hall–Kier alpha value is -3.14. The number of amides is 1. The largest absolute Gasteiger partial charge is 0.465 e. The minimum absolute atomic E-state index is 0.00774. The van der Waals surface area contributed by atoms with E-state index in [4.69, 9.17) is 15.2 Å². The SMILES string of the molecule is CC.COC(=O)c1cc(Oc2ncc(CN)cc2C(F)(F)F)ccc1N(C(=O)C1CCC(C)CC1)C(C)C. The van der Waals surface area contributed by atoms with Crippen LogP contribution in [-0.4, -0.2) is 30.0 Å². The molecule has 0 unspecified atom stereocenters. The summed E-state index contributed by atoms with van der Waals surface area (Å²) in [7, 11) is 1.19. The van der Waals surface area contributed by atoms with Crippen LogP contribution in [-0.2, 0) is 22.3 Å². The van der Waals surface area contributed by atoms with Crippen LogP contribution in [0.4, 0.5) is 18.9 Å². The number of nitrogens with zero attached hydrogens (tertiary/aromatic N) is 2. The topological polar surface area (TPSA) is 94.8 Å². The monoisotopic (exact) mass is 537 g/mol. The van der Waals surface area contributed by atoms with Crippen LogP contribution in [0, 0.1) is 11.8 Å². The number of methoxy groups -OCH3 is 1. The number of alkyl halides is 3. The average Bonchev–Trinajstić information content (AvgIpc) is 2.90. The van der Waals surface area contributed by atoms with Crippen molar-refractivity contribution in [2.45, 2.75) is 79.1 Å². The third-order valence-corrected chi connectivity index (χ3v) is 6.42. The van der Waals surface area contributed by atoms with Crippen molar-refractivity contribution in [3.05, 3.63) is 47.2 Å². The van der Waals surface area contributed by atoms with Gasteiger partial charge >= 0.3 is 12.1 Å². The molecule has 0 radical (unpaired) electrons. The van der Waals surface area contributed by atoms with E-state index in [9.17, 15) is 22.8 Å².